The fourth-order valence-electron chi connectivity index (χ4n) is 2.82. The van der Waals surface area contributed by atoms with Gasteiger partial charge in [0.15, 0.2) is 0 Å². The minimum Gasteiger partial charge on any atom is -0.495 e. The molecule has 0 amide bonds. The molecule has 1 aromatic heterocycles. The summed E-state index contributed by atoms with van der Waals surface area (Å²) in [5, 5.41) is 3.31. The van der Waals surface area contributed by atoms with E-state index in [0.717, 1.165) is 47.9 Å². The summed E-state index contributed by atoms with van der Waals surface area (Å²) < 4.78 is 5.43. The Labute approximate surface area is 161 Å². The molecule has 0 aliphatic heterocycles. The van der Waals surface area contributed by atoms with Gasteiger partial charge in [-0.15, -0.1) is 0 Å². The molecule has 0 bridgehead atoms. The van der Waals surface area contributed by atoms with Crippen LogP contribution in [-0.2, 0) is 0 Å². The highest BCUT2D eigenvalue weighted by Gasteiger charge is 2.11. The fourth-order valence-corrected chi connectivity index (χ4v) is 2.82. The predicted molar refractivity (Wildman–Crippen MR) is 112 cm³/mol. The maximum absolute atomic E-state index is 5.43. The van der Waals surface area contributed by atoms with Crippen molar-refractivity contribution in [2.75, 3.05) is 30.9 Å². The molecule has 0 radical (unpaired) electrons. The Morgan fingerprint density at radius 1 is 1.00 bits per heavy atom. The molecule has 0 saturated heterocycles. The van der Waals surface area contributed by atoms with E-state index in [9.17, 15) is 0 Å². The van der Waals surface area contributed by atoms with Crippen LogP contribution in [0.4, 0.5) is 17.5 Å². The minimum absolute atomic E-state index is 0.555. The topological polar surface area (TPSA) is 50.3 Å². The Kier molecular flexibility index (Phi) is 6.26. The number of ether oxygens (including phenoxy) is 1. The lowest BCUT2D eigenvalue weighted by molar-refractivity contribution is 0.417. The van der Waals surface area contributed by atoms with Gasteiger partial charge in [-0.2, -0.15) is 4.98 Å². The maximum atomic E-state index is 5.43. The average Bonchev–Trinajstić information content (AvgIpc) is 2.72. The highest BCUT2D eigenvalue weighted by Crippen LogP contribution is 2.28. The van der Waals surface area contributed by atoms with E-state index in [2.05, 4.69) is 36.3 Å². The Hall–Kier alpha value is -3.08. The van der Waals surface area contributed by atoms with E-state index in [4.69, 9.17) is 14.7 Å². The first-order valence-corrected chi connectivity index (χ1v) is 9.27. The van der Waals surface area contributed by atoms with Crippen molar-refractivity contribution in [2.24, 2.45) is 0 Å². The van der Waals surface area contributed by atoms with E-state index in [1.807, 2.05) is 48.5 Å². The molecule has 0 aliphatic rings. The summed E-state index contributed by atoms with van der Waals surface area (Å²) in [6.07, 6.45) is 2.27. The summed E-state index contributed by atoms with van der Waals surface area (Å²) in [6, 6.07) is 20.0. The summed E-state index contributed by atoms with van der Waals surface area (Å²) in [6.45, 7) is 3.15. The predicted octanol–water partition coefficient (Wildman–Crippen LogP) is 5.13. The van der Waals surface area contributed by atoms with E-state index < -0.39 is 0 Å². The van der Waals surface area contributed by atoms with Crippen molar-refractivity contribution in [3.05, 3.63) is 60.7 Å². The van der Waals surface area contributed by atoms with Gasteiger partial charge >= 0.3 is 0 Å². The average molecular weight is 362 g/mol. The lowest BCUT2D eigenvalue weighted by Gasteiger charge is -2.20. The van der Waals surface area contributed by atoms with Gasteiger partial charge in [-0.3, -0.25) is 0 Å². The molecule has 0 saturated carbocycles. The zero-order valence-electron chi connectivity index (χ0n) is 16.1. The van der Waals surface area contributed by atoms with Crippen molar-refractivity contribution in [3.8, 4) is 17.0 Å². The molecule has 5 heteroatoms. The largest absolute Gasteiger partial charge is 0.495 e. The first-order valence-electron chi connectivity index (χ1n) is 9.27. The van der Waals surface area contributed by atoms with Gasteiger partial charge in [0.25, 0.3) is 0 Å². The molecule has 5 nitrogen and oxygen atoms in total. The van der Waals surface area contributed by atoms with Gasteiger partial charge in [0.2, 0.25) is 5.95 Å². The van der Waals surface area contributed by atoms with Crippen molar-refractivity contribution in [1.29, 1.82) is 0 Å². The number of nitrogens with one attached hydrogen (secondary N) is 1. The molecule has 1 N–H and O–H groups in total. The number of nitrogens with zero attached hydrogens (tertiary/aromatic N) is 3. The van der Waals surface area contributed by atoms with E-state index >= 15 is 0 Å². The molecule has 0 spiro atoms. The van der Waals surface area contributed by atoms with Crippen molar-refractivity contribution >= 4 is 17.5 Å². The molecule has 2 aromatic carbocycles. The van der Waals surface area contributed by atoms with Crippen molar-refractivity contribution in [3.63, 3.8) is 0 Å². The Morgan fingerprint density at radius 2 is 1.74 bits per heavy atom. The number of hydrogen-bond acceptors (Lipinski definition) is 5. The number of hydrogen-bond donors (Lipinski definition) is 1. The summed E-state index contributed by atoms with van der Waals surface area (Å²) in [4.78, 5) is 11.6. The van der Waals surface area contributed by atoms with Crippen molar-refractivity contribution in [2.45, 2.75) is 19.8 Å². The molecule has 3 rings (SSSR count). The number of rotatable bonds is 8. The molecule has 0 atom stereocenters. The van der Waals surface area contributed by atoms with Crippen LogP contribution in [0.15, 0.2) is 60.7 Å². The third kappa shape index (κ3) is 4.76. The highest BCUT2D eigenvalue weighted by molar-refractivity contribution is 5.68. The van der Waals surface area contributed by atoms with Crippen LogP contribution in [0, 0.1) is 0 Å². The molecule has 0 aliphatic carbocycles. The molecular formula is C22H26N4O. The van der Waals surface area contributed by atoms with Gasteiger partial charge in [-0.1, -0.05) is 55.8 Å². The molecule has 0 fully saturated rings. The standard InChI is InChI=1S/C22H26N4O/c1-4-5-15-26(2)21-16-19(17-11-7-6-8-12-17)24-22(25-21)23-18-13-9-10-14-20(18)27-3/h6-14,16H,4-5,15H2,1-3H3,(H,23,24,25). The van der Waals surface area contributed by atoms with Crippen LogP contribution < -0.4 is 15.0 Å². The van der Waals surface area contributed by atoms with E-state index in [0.29, 0.717) is 5.95 Å². The maximum Gasteiger partial charge on any atom is 0.229 e. The Balaban J connectivity index is 1.99. The fraction of sp³-hybridized carbons (Fsp3) is 0.273. The minimum atomic E-state index is 0.555. The summed E-state index contributed by atoms with van der Waals surface area (Å²) in [5.41, 5.74) is 2.79. The second-order valence-electron chi connectivity index (χ2n) is 6.40. The second kappa shape index (κ2) is 9.03. The molecule has 0 unspecified atom stereocenters. The molecule has 1 heterocycles. The lowest BCUT2D eigenvalue weighted by Crippen LogP contribution is -2.20. The highest BCUT2D eigenvalue weighted by atomic mass is 16.5. The van der Waals surface area contributed by atoms with Gasteiger partial charge in [-0.25, -0.2) is 4.98 Å². The SMILES string of the molecule is CCCCN(C)c1cc(-c2ccccc2)nc(Nc2ccccc2OC)n1. The lowest BCUT2D eigenvalue weighted by atomic mass is 10.1. The van der Waals surface area contributed by atoms with Crippen molar-refractivity contribution < 1.29 is 4.74 Å². The van der Waals surface area contributed by atoms with Crippen LogP contribution in [0.3, 0.4) is 0 Å². The van der Waals surface area contributed by atoms with Gasteiger partial charge in [-0.05, 0) is 18.6 Å². The Bertz CT molecular complexity index is 867. The summed E-state index contributed by atoms with van der Waals surface area (Å²) in [7, 11) is 3.73. The zero-order valence-corrected chi connectivity index (χ0v) is 16.1. The molecule has 3 aromatic rings. The quantitative estimate of drug-likeness (QED) is 0.602. The normalized spacial score (nSPS) is 10.5. The third-order valence-corrected chi connectivity index (χ3v) is 4.37. The van der Waals surface area contributed by atoms with Crippen molar-refractivity contribution in [1.82, 2.24) is 9.97 Å². The monoisotopic (exact) mass is 362 g/mol. The second-order valence-corrected chi connectivity index (χ2v) is 6.40. The Morgan fingerprint density at radius 3 is 2.48 bits per heavy atom. The van der Waals surface area contributed by atoms with E-state index in [1.165, 1.54) is 0 Å². The smallest absolute Gasteiger partial charge is 0.229 e. The van der Waals surface area contributed by atoms with Crippen LogP contribution in [0.5, 0.6) is 5.75 Å². The molecule has 140 valence electrons. The van der Waals surface area contributed by atoms with Gasteiger partial charge in [0.05, 0.1) is 18.5 Å². The van der Waals surface area contributed by atoms with Gasteiger partial charge < -0.3 is 15.0 Å². The first-order chi connectivity index (χ1) is 13.2. The number of para-hydroxylation sites is 2. The number of unbranched alkanes of at least 4 members (excludes halogenated alkanes) is 1. The third-order valence-electron chi connectivity index (χ3n) is 4.37. The zero-order chi connectivity index (χ0) is 19.1. The van der Waals surface area contributed by atoms with Gasteiger partial charge in [0.1, 0.15) is 11.6 Å². The van der Waals surface area contributed by atoms with Crippen LogP contribution in [-0.4, -0.2) is 30.7 Å². The number of methoxy groups -OCH3 is 1. The molecule has 27 heavy (non-hydrogen) atoms. The molecular weight excluding hydrogens is 336 g/mol. The van der Waals surface area contributed by atoms with Crippen LogP contribution in [0.1, 0.15) is 19.8 Å². The summed E-state index contributed by atoms with van der Waals surface area (Å²) >= 11 is 0. The van der Waals surface area contributed by atoms with E-state index in [-0.39, 0.29) is 0 Å². The van der Waals surface area contributed by atoms with Crippen LogP contribution >= 0.6 is 0 Å². The van der Waals surface area contributed by atoms with Crippen LogP contribution in [0.2, 0.25) is 0 Å². The number of anilines is 3. The van der Waals surface area contributed by atoms with Gasteiger partial charge in [0, 0.05) is 25.2 Å². The van der Waals surface area contributed by atoms with Crippen LogP contribution in [0.25, 0.3) is 11.3 Å². The summed E-state index contributed by atoms with van der Waals surface area (Å²) in [5.74, 6) is 2.21. The number of aromatic nitrogens is 2. The first kappa shape index (κ1) is 18.7. The number of benzene rings is 2. The van der Waals surface area contributed by atoms with E-state index in [1.54, 1.807) is 7.11 Å².